The molecule has 176 valence electrons. The third-order valence-electron chi connectivity index (χ3n) is 5.42. The van der Waals surface area contributed by atoms with Crippen LogP contribution in [0.2, 0.25) is 0 Å². The number of amides is 1. The monoisotopic (exact) mass is 473 g/mol. The zero-order chi connectivity index (χ0) is 24.7. The van der Waals surface area contributed by atoms with Gasteiger partial charge < -0.3 is 10.5 Å². The summed E-state index contributed by atoms with van der Waals surface area (Å²) in [7, 11) is 0. The van der Waals surface area contributed by atoms with Crippen molar-refractivity contribution < 1.29 is 13.9 Å². The number of nitrogens with two attached hydrogens (primary N) is 1. The van der Waals surface area contributed by atoms with Crippen LogP contribution in [0.3, 0.4) is 0 Å². The van der Waals surface area contributed by atoms with E-state index in [0.717, 1.165) is 0 Å². The van der Waals surface area contributed by atoms with Crippen molar-refractivity contribution in [1.82, 2.24) is 29.5 Å². The summed E-state index contributed by atoms with van der Waals surface area (Å²) in [4.78, 5) is 31.2. The molecule has 0 aliphatic heterocycles. The maximum absolute atomic E-state index is 15.3. The van der Waals surface area contributed by atoms with Crippen molar-refractivity contribution in [3.05, 3.63) is 82.8 Å². The number of aromatic amines is 1. The maximum atomic E-state index is 15.3. The number of halogens is 1. The van der Waals surface area contributed by atoms with Gasteiger partial charge in [-0.25, -0.2) is 18.9 Å². The summed E-state index contributed by atoms with van der Waals surface area (Å²) in [5.41, 5.74) is 7.04. The fourth-order valence-electron chi connectivity index (χ4n) is 3.90. The van der Waals surface area contributed by atoms with E-state index in [2.05, 4.69) is 20.3 Å². The number of benzene rings is 2. The summed E-state index contributed by atoms with van der Waals surface area (Å²) in [6, 6.07) is 14.6. The van der Waals surface area contributed by atoms with Gasteiger partial charge in [0, 0.05) is 23.9 Å². The Bertz CT molecular complexity index is 1620. The molecule has 1 amide bonds. The minimum absolute atomic E-state index is 0.0791. The van der Waals surface area contributed by atoms with Gasteiger partial charge in [0.2, 0.25) is 0 Å². The fraction of sp³-hybridized carbons (Fsp3) is 0.125. The quantitative estimate of drug-likeness (QED) is 0.387. The van der Waals surface area contributed by atoms with Crippen LogP contribution in [0.15, 0.2) is 65.6 Å². The number of fused-ring (bicyclic) bond motifs is 1. The van der Waals surface area contributed by atoms with Gasteiger partial charge in [0.05, 0.1) is 5.69 Å². The lowest BCUT2D eigenvalue weighted by molar-refractivity contribution is 0.0996. The van der Waals surface area contributed by atoms with E-state index in [4.69, 9.17) is 10.5 Å². The topological polar surface area (TPSA) is 134 Å². The SMILES string of the molecule is CC(C)n1c(=O)[nH]c2nccc(Oc3ccc(-c4c(C(N)=O)nnn4-c4ccccc4)cc3F)c21. The number of carbonyl (C=O) groups is 1. The van der Waals surface area contributed by atoms with Crippen molar-refractivity contribution in [3.63, 3.8) is 0 Å². The van der Waals surface area contributed by atoms with Crippen LogP contribution in [0.25, 0.3) is 28.1 Å². The Balaban J connectivity index is 1.59. The van der Waals surface area contributed by atoms with Gasteiger partial charge in [0.1, 0.15) is 11.2 Å². The Morgan fingerprint density at radius 2 is 1.89 bits per heavy atom. The van der Waals surface area contributed by atoms with E-state index in [1.165, 1.54) is 27.6 Å². The summed E-state index contributed by atoms with van der Waals surface area (Å²) < 4.78 is 24.1. The van der Waals surface area contributed by atoms with E-state index in [-0.39, 0.29) is 34.6 Å². The number of nitrogens with zero attached hydrogens (tertiary/aromatic N) is 5. The molecule has 0 radical (unpaired) electrons. The fourth-order valence-corrected chi connectivity index (χ4v) is 3.90. The van der Waals surface area contributed by atoms with Crippen LogP contribution >= 0.6 is 0 Å². The van der Waals surface area contributed by atoms with Crippen LogP contribution < -0.4 is 16.2 Å². The molecule has 5 rings (SSSR count). The number of para-hydroxylation sites is 1. The van der Waals surface area contributed by atoms with Gasteiger partial charge in [0.15, 0.2) is 28.7 Å². The van der Waals surface area contributed by atoms with Crippen LogP contribution in [0, 0.1) is 5.82 Å². The van der Waals surface area contributed by atoms with Gasteiger partial charge in [-0.2, -0.15) is 0 Å². The molecule has 0 saturated heterocycles. The molecule has 0 aliphatic rings. The molecule has 0 spiro atoms. The third-order valence-corrected chi connectivity index (χ3v) is 5.42. The number of hydrogen-bond donors (Lipinski definition) is 2. The second-order valence-electron chi connectivity index (χ2n) is 8.05. The van der Waals surface area contributed by atoms with Crippen molar-refractivity contribution in [2.24, 2.45) is 5.73 Å². The second kappa shape index (κ2) is 8.52. The van der Waals surface area contributed by atoms with E-state index in [1.807, 2.05) is 19.9 Å². The second-order valence-corrected chi connectivity index (χ2v) is 8.05. The number of nitrogens with one attached hydrogen (secondary N) is 1. The highest BCUT2D eigenvalue weighted by Crippen LogP contribution is 2.33. The van der Waals surface area contributed by atoms with Crippen molar-refractivity contribution >= 4 is 17.1 Å². The molecule has 3 N–H and O–H groups in total. The van der Waals surface area contributed by atoms with Gasteiger partial charge >= 0.3 is 5.69 Å². The highest BCUT2D eigenvalue weighted by atomic mass is 19.1. The molecule has 0 bridgehead atoms. The molecule has 35 heavy (non-hydrogen) atoms. The molecule has 3 aromatic heterocycles. The molecule has 0 unspecified atom stereocenters. The largest absolute Gasteiger partial charge is 0.452 e. The summed E-state index contributed by atoms with van der Waals surface area (Å²) in [5.74, 6) is -1.30. The lowest BCUT2D eigenvalue weighted by Crippen LogP contribution is -2.18. The molecule has 2 aromatic carbocycles. The summed E-state index contributed by atoms with van der Waals surface area (Å²) in [6.45, 7) is 3.70. The normalized spacial score (nSPS) is 11.3. The number of carbonyl (C=O) groups excluding carboxylic acids is 1. The van der Waals surface area contributed by atoms with Gasteiger partial charge in [-0.3, -0.25) is 14.3 Å². The zero-order valence-electron chi connectivity index (χ0n) is 18.8. The molecular weight excluding hydrogens is 453 g/mol. The maximum Gasteiger partial charge on any atom is 0.328 e. The first-order valence-corrected chi connectivity index (χ1v) is 10.7. The van der Waals surface area contributed by atoms with Gasteiger partial charge in [-0.05, 0) is 44.2 Å². The van der Waals surface area contributed by atoms with Crippen LogP contribution in [0.5, 0.6) is 11.5 Å². The molecule has 5 aromatic rings. The predicted octanol–water partition coefficient (Wildman–Crippen LogP) is 3.58. The first-order valence-electron chi connectivity index (χ1n) is 10.7. The smallest absolute Gasteiger partial charge is 0.328 e. The standard InChI is InChI=1S/C24H20FN7O3/c1-13(2)31-21-18(10-11-27-23(21)28-24(31)34)35-17-9-8-14(12-16(17)25)20-19(22(26)33)29-30-32(20)15-6-4-3-5-7-15/h3-13H,1-2H3,(H2,26,33)(H,27,28,34). The van der Waals surface area contributed by atoms with Crippen molar-refractivity contribution in [1.29, 1.82) is 0 Å². The predicted molar refractivity (Wildman–Crippen MR) is 126 cm³/mol. The molecule has 0 saturated carbocycles. The van der Waals surface area contributed by atoms with Crippen LogP contribution in [0.4, 0.5) is 4.39 Å². The molecule has 3 heterocycles. The zero-order valence-corrected chi connectivity index (χ0v) is 18.8. The number of ether oxygens (including phenoxy) is 1. The van der Waals surface area contributed by atoms with E-state index < -0.39 is 11.7 Å². The molecular formula is C24H20FN7O3. The Kier molecular flexibility index (Phi) is 5.36. The summed E-state index contributed by atoms with van der Waals surface area (Å²) in [5, 5.41) is 7.93. The number of primary amides is 1. The number of pyridine rings is 1. The number of rotatable bonds is 6. The highest BCUT2D eigenvalue weighted by Gasteiger charge is 2.22. The van der Waals surface area contributed by atoms with E-state index in [1.54, 1.807) is 36.4 Å². The minimum atomic E-state index is -0.791. The van der Waals surface area contributed by atoms with E-state index >= 15 is 4.39 Å². The average molecular weight is 473 g/mol. The van der Waals surface area contributed by atoms with Gasteiger partial charge in [-0.15, -0.1) is 5.10 Å². The Labute approximate surface area is 197 Å². The first-order chi connectivity index (χ1) is 16.8. The lowest BCUT2D eigenvalue weighted by atomic mass is 10.1. The van der Waals surface area contributed by atoms with Gasteiger partial charge in [0.25, 0.3) is 5.91 Å². The Morgan fingerprint density at radius 3 is 2.57 bits per heavy atom. The average Bonchev–Trinajstić information content (AvgIpc) is 3.42. The molecule has 10 nitrogen and oxygen atoms in total. The van der Waals surface area contributed by atoms with Crippen LogP contribution in [-0.2, 0) is 0 Å². The van der Waals surface area contributed by atoms with Crippen molar-refractivity contribution in [3.8, 4) is 28.4 Å². The van der Waals surface area contributed by atoms with E-state index in [9.17, 15) is 9.59 Å². The van der Waals surface area contributed by atoms with E-state index in [0.29, 0.717) is 22.4 Å². The number of hydrogen-bond acceptors (Lipinski definition) is 6. The number of H-pyrrole nitrogens is 1. The summed E-state index contributed by atoms with van der Waals surface area (Å²) in [6.07, 6.45) is 1.47. The summed E-state index contributed by atoms with van der Waals surface area (Å²) >= 11 is 0. The Hall–Kier alpha value is -4.80. The van der Waals surface area contributed by atoms with Crippen LogP contribution in [-0.4, -0.2) is 35.4 Å². The molecule has 11 heteroatoms. The first kappa shape index (κ1) is 22.0. The molecule has 0 fully saturated rings. The molecule has 0 aliphatic carbocycles. The molecule has 0 atom stereocenters. The minimum Gasteiger partial charge on any atom is -0.452 e. The highest BCUT2D eigenvalue weighted by molar-refractivity contribution is 5.97. The van der Waals surface area contributed by atoms with Gasteiger partial charge in [-0.1, -0.05) is 23.4 Å². The number of imidazole rings is 1. The number of aromatic nitrogens is 6. The third kappa shape index (κ3) is 3.82. The van der Waals surface area contributed by atoms with Crippen LogP contribution in [0.1, 0.15) is 30.4 Å². The van der Waals surface area contributed by atoms with Crippen molar-refractivity contribution in [2.75, 3.05) is 0 Å². The lowest BCUT2D eigenvalue weighted by Gasteiger charge is -2.13. The Morgan fingerprint density at radius 1 is 1.11 bits per heavy atom. The van der Waals surface area contributed by atoms with Crippen molar-refractivity contribution in [2.45, 2.75) is 19.9 Å².